The van der Waals surface area contributed by atoms with E-state index in [2.05, 4.69) is 37.4 Å². The van der Waals surface area contributed by atoms with Gasteiger partial charge in [0.05, 0.1) is 10.7 Å². The number of nitrogens with zero attached hydrogens (tertiary/aromatic N) is 1. The zero-order valence-electron chi connectivity index (χ0n) is 8.70. The van der Waals surface area contributed by atoms with Gasteiger partial charge in [0, 0.05) is 17.1 Å². The summed E-state index contributed by atoms with van der Waals surface area (Å²) in [6, 6.07) is 0. The van der Waals surface area contributed by atoms with Crippen LogP contribution in [0, 0.1) is 0 Å². The lowest BCUT2D eigenvalue weighted by Crippen LogP contribution is -1.96. The van der Waals surface area contributed by atoms with E-state index in [4.69, 9.17) is 0 Å². The summed E-state index contributed by atoms with van der Waals surface area (Å²) in [7, 11) is 0. The third kappa shape index (κ3) is 2.99. The number of hydrogen-bond acceptors (Lipinski definition) is 3. The number of aromatic nitrogens is 1. The highest BCUT2D eigenvalue weighted by Gasteiger charge is 2.11. The molecule has 74 valence electrons. The Hall–Kier alpha value is -0.0200. The Morgan fingerprint density at radius 3 is 2.62 bits per heavy atom. The van der Waals surface area contributed by atoms with Gasteiger partial charge >= 0.3 is 0 Å². The third-order valence-electron chi connectivity index (χ3n) is 1.97. The minimum absolute atomic E-state index is 0.562. The van der Waals surface area contributed by atoms with Crippen molar-refractivity contribution >= 4 is 23.1 Å². The molecule has 0 N–H and O–H groups in total. The molecule has 0 spiro atoms. The van der Waals surface area contributed by atoms with Gasteiger partial charge in [-0.1, -0.05) is 20.8 Å². The molecule has 1 nitrogen and oxygen atoms in total. The molecule has 3 heteroatoms. The normalized spacial score (nSPS) is 13.6. The summed E-state index contributed by atoms with van der Waals surface area (Å²) in [4.78, 5) is 4.63. The summed E-state index contributed by atoms with van der Waals surface area (Å²) in [6.07, 6.45) is 2.15. The Kier molecular flexibility index (Phi) is 4.26. The van der Waals surface area contributed by atoms with Crippen molar-refractivity contribution in [2.75, 3.05) is 12.0 Å². The van der Waals surface area contributed by atoms with Gasteiger partial charge in [0.2, 0.25) is 0 Å². The van der Waals surface area contributed by atoms with E-state index >= 15 is 0 Å². The van der Waals surface area contributed by atoms with Gasteiger partial charge in [0.1, 0.15) is 0 Å². The van der Waals surface area contributed by atoms with Crippen LogP contribution in [0.15, 0.2) is 5.38 Å². The van der Waals surface area contributed by atoms with Crippen molar-refractivity contribution in [2.45, 2.75) is 32.6 Å². The van der Waals surface area contributed by atoms with Crippen LogP contribution in [0.5, 0.6) is 0 Å². The maximum Gasteiger partial charge on any atom is 0.0964 e. The molecular formula is C10H17NS2. The molecule has 0 saturated heterocycles. The van der Waals surface area contributed by atoms with Gasteiger partial charge < -0.3 is 0 Å². The minimum atomic E-state index is 0.562. The van der Waals surface area contributed by atoms with E-state index in [9.17, 15) is 0 Å². The van der Waals surface area contributed by atoms with Gasteiger partial charge in [-0.05, 0) is 12.2 Å². The van der Waals surface area contributed by atoms with Crippen molar-refractivity contribution in [3.63, 3.8) is 0 Å². The zero-order valence-corrected chi connectivity index (χ0v) is 10.3. The molecular weight excluding hydrogens is 198 g/mol. The molecule has 0 saturated carbocycles. The lowest BCUT2D eigenvalue weighted by Gasteiger charge is -2.04. The monoisotopic (exact) mass is 215 g/mol. The van der Waals surface area contributed by atoms with Crippen LogP contribution in [-0.2, 0) is 0 Å². The highest BCUT2D eigenvalue weighted by atomic mass is 32.2. The predicted molar refractivity (Wildman–Crippen MR) is 63.0 cm³/mol. The van der Waals surface area contributed by atoms with E-state index < -0.39 is 0 Å². The first kappa shape index (κ1) is 11.1. The van der Waals surface area contributed by atoms with Crippen LogP contribution in [-0.4, -0.2) is 17.0 Å². The summed E-state index contributed by atoms with van der Waals surface area (Å²) in [6.45, 7) is 6.63. The highest BCUT2D eigenvalue weighted by Crippen LogP contribution is 2.25. The zero-order chi connectivity index (χ0) is 9.84. The second-order valence-corrected chi connectivity index (χ2v) is 5.42. The van der Waals surface area contributed by atoms with Crippen molar-refractivity contribution in [1.82, 2.24) is 4.98 Å². The first-order chi connectivity index (χ1) is 6.15. The summed E-state index contributed by atoms with van der Waals surface area (Å²) < 4.78 is 0. The molecule has 0 fully saturated rings. The van der Waals surface area contributed by atoms with Crippen LogP contribution in [0.1, 0.15) is 43.3 Å². The fourth-order valence-corrected chi connectivity index (χ4v) is 2.92. The van der Waals surface area contributed by atoms with Crippen molar-refractivity contribution in [1.29, 1.82) is 0 Å². The molecule has 13 heavy (non-hydrogen) atoms. The predicted octanol–water partition coefficient (Wildman–Crippen LogP) is 3.73. The van der Waals surface area contributed by atoms with Crippen molar-refractivity contribution in [3.8, 4) is 0 Å². The fraction of sp³-hybridized carbons (Fsp3) is 0.700. The van der Waals surface area contributed by atoms with E-state index in [1.807, 2.05) is 11.8 Å². The van der Waals surface area contributed by atoms with E-state index in [1.165, 1.54) is 16.5 Å². The van der Waals surface area contributed by atoms with Gasteiger partial charge in [0.15, 0.2) is 0 Å². The fourth-order valence-electron chi connectivity index (χ4n) is 1.11. The minimum Gasteiger partial charge on any atom is -0.246 e. The van der Waals surface area contributed by atoms with Crippen LogP contribution in [0.4, 0.5) is 0 Å². The Morgan fingerprint density at radius 1 is 1.46 bits per heavy atom. The van der Waals surface area contributed by atoms with Gasteiger partial charge in [-0.3, -0.25) is 0 Å². The van der Waals surface area contributed by atoms with Crippen molar-refractivity contribution < 1.29 is 0 Å². The van der Waals surface area contributed by atoms with E-state index in [0.29, 0.717) is 11.8 Å². The largest absolute Gasteiger partial charge is 0.246 e. The van der Waals surface area contributed by atoms with E-state index in [-0.39, 0.29) is 0 Å². The SMILES string of the molecule is CSCC(C)c1nc(C(C)C)cs1. The van der Waals surface area contributed by atoms with Crippen LogP contribution in [0.3, 0.4) is 0 Å². The van der Waals surface area contributed by atoms with Crippen molar-refractivity contribution in [3.05, 3.63) is 16.1 Å². The smallest absolute Gasteiger partial charge is 0.0964 e. The number of thioether (sulfide) groups is 1. The molecule has 0 aromatic carbocycles. The number of rotatable bonds is 4. The topological polar surface area (TPSA) is 12.9 Å². The van der Waals surface area contributed by atoms with Gasteiger partial charge in [0.25, 0.3) is 0 Å². The lowest BCUT2D eigenvalue weighted by atomic mass is 10.1. The quantitative estimate of drug-likeness (QED) is 0.759. The Balaban J connectivity index is 2.67. The highest BCUT2D eigenvalue weighted by molar-refractivity contribution is 7.98. The molecule has 1 aromatic rings. The average Bonchev–Trinajstić information content (AvgIpc) is 2.52. The maximum atomic E-state index is 4.63. The summed E-state index contributed by atoms with van der Waals surface area (Å²) in [5.74, 6) is 2.34. The Labute approximate surface area is 89.0 Å². The average molecular weight is 215 g/mol. The number of hydrogen-bond donors (Lipinski definition) is 0. The molecule has 0 radical (unpaired) electrons. The molecule has 0 aliphatic heterocycles. The molecule has 1 atom stereocenters. The first-order valence-corrected chi connectivity index (χ1v) is 6.86. The van der Waals surface area contributed by atoms with E-state index in [1.54, 1.807) is 11.3 Å². The van der Waals surface area contributed by atoms with E-state index in [0.717, 1.165) is 0 Å². The van der Waals surface area contributed by atoms with Crippen LogP contribution >= 0.6 is 23.1 Å². The molecule has 0 aliphatic rings. The Morgan fingerprint density at radius 2 is 2.15 bits per heavy atom. The molecule has 1 heterocycles. The van der Waals surface area contributed by atoms with Crippen LogP contribution in [0.25, 0.3) is 0 Å². The molecule has 1 aromatic heterocycles. The van der Waals surface area contributed by atoms with Gasteiger partial charge in [-0.25, -0.2) is 4.98 Å². The molecule has 1 unspecified atom stereocenters. The maximum absolute atomic E-state index is 4.63. The third-order valence-corrected chi connectivity index (χ3v) is 3.90. The summed E-state index contributed by atoms with van der Waals surface area (Å²) in [5.41, 5.74) is 1.24. The summed E-state index contributed by atoms with van der Waals surface area (Å²) in [5, 5.41) is 3.48. The second-order valence-electron chi connectivity index (χ2n) is 3.62. The van der Waals surface area contributed by atoms with Gasteiger partial charge in [-0.2, -0.15) is 11.8 Å². The second kappa shape index (κ2) is 5.01. The van der Waals surface area contributed by atoms with Crippen LogP contribution < -0.4 is 0 Å². The van der Waals surface area contributed by atoms with Crippen LogP contribution in [0.2, 0.25) is 0 Å². The lowest BCUT2D eigenvalue weighted by molar-refractivity contribution is 0.797. The van der Waals surface area contributed by atoms with Gasteiger partial charge in [-0.15, -0.1) is 11.3 Å². The molecule has 0 bridgehead atoms. The Bertz CT molecular complexity index is 255. The standard InChI is InChI=1S/C10H17NS2/c1-7(2)9-6-13-10(11-9)8(3)5-12-4/h6-8H,5H2,1-4H3. The molecule has 0 amide bonds. The first-order valence-electron chi connectivity index (χ1n) is 4.59. The molecule has 0 aliphatic carbocycles. The van der Waals surface area contributed by atoms with Crippen molar-refractivity contribution in [2.24, 2.45) is 0 Å². The molecule has 1 rings (SSSR count). The number of thiazole rings is 1. The summed E-state index contributed by atoms with van der Waals surface area (Å²) >= 11 is 3.69.